The molecule has 0 saturated heterocycles. The van der Waals surface area contributed by atoms with Gasteiger partial charge in [-0.2, -0.15) is 0 Å². The lowest BCUT2D eigenvalue weighted by Crippen LogP contribution is -2.79. The van der Waals surface area contributed by atoms with E-state index >= 15 is 0 Å². The van der Waals surface area contributed by atoms with E-state index in [0.717, 1.165) is 12.8 Å². The van der Waals surface area contributed by atoms with Gasteiger partial charge in [0.15, 0.2) is 0 Å². The SMILES string of the molecule is CC(C(=O)OC12CC3CC(O)(CC(C)(O)C1)C32)C(C)(C)C. The van der Waals surface area contributed by atoms with Crippen molar-refractivity contribution in [3.63, 3.8) is 0 Å². The van der Waals surface area contributed by atoms with Crippen molar-refractivity contribution in [1.29, 1.82) is 0 Å². The fourth-order valence-electron chi connectivity index (χ4n) is 5.01. The molecule has 3 saturated carbocycles. The summed E-state index contributed by atoms with van der Waals surface area (Å²) in [6.07, 6.45) is 2.38. The molecule has 3 rings (SSSR count). The van der Waals surface area contributed by atoms with Crippen molar-refractivity contribution in [2.24, 2.45) is 23.2 Å². The summed E-state index contributed by atoms with van der Waals surface area (Å²) >= 11 is 0. The number of carbonyl (C=O) groups is 1. The van der Waals surface area contributed by atoms with Gasteiger partial charge in [-0.1, -0.05) is 27.7 Å². The first-order valence-electron chi connectivity index (χ1n) is 8.06. The van der Waals surface area contributed by atoms with E-state index in [1.807, 2.05) is 27.7 Å². The number of ether oxygens (including phenoxy) is 1. The number of esters is 1. The van der Waals surface area contributed by atoms with Gasteiger partial charge in [0.1, 0.15) is 5.60 Å². The van der Waals surface area contributed by atoms with Crippen molar-refractivity contribution in [2.45, 2.75) is 77.1 Å². The summed E-state index contributed by atoms with van der Waals surface area (Å²) in [7, 11) is 0. The molecule has 0 bridgehead atoms. The molecule has 3 aliphatic rings. The zero-order valence-corrected chi connectivity index (χ0v) is 13.8. The molecular weight excluding hydrogens is 268 g/mol. The van der Waals surface area contributed by atoms with Crippen molar-refractivity contribution in [3.05, 3.63) is 0 Å². The van der Waals surface area contributed by atoms with Crippen LogP contribution in [-0.4, -0.2) is 33.0 Å². The number of hydrogen-bond donors (Lipinski definition) is 2. The molecular formula is C17H28O4. The van der Waals surface area contributed by atoms with Crippen LogP contribution in [0.2, 0.25) is 0 Å². The van der Waals surface area contributed by atoms with Crippen molar-refractivity contribution >= 4 is 5.97 Å². The Morgan fingerprint density at radius 1 is 1.24 bits per heavy atom. The summed E-state index contributed by atoms with van der Waals surface area (Å²) in [5, 5.41) is 21.2. The number of hydrogen-bond acceptors (Lipinski definition) is 4. The summed E-state index contributed by atoms with van der Waals surface area (Å²) in [5.41, 5.74) is -2.59. The minimum atomic E-state index is -0.956. The molecule has 4 heteroatoms. The van der Waals surface area contributed by atoms with Gasteiger partial charge in [-0.25, -0.2) is 0 Å². The highest BCUT2D eigenvalue weighted by Crippen LogP contribution is 2.70. The Labute approximate surface area is 126 Å². The highest BCUT2D eigenvalue weighted by Gasteiger charge is 2.76. The first-order chi connectivity index (χ1) is 9.39. The van der Waals surface area contributed by atoms with Crippen LogP contribution in [0.25, 0.3) is 0 Å². The van der Waals surface area contributed by atoms with Crippen LogP contribution < -0.4 is 0 Å². The van der Waals surface area contributed by atoms with Crippen LogP contribution in [0.4, 0.5) is 0 Å². The van der Waals surface area contributed by atoms with Crippen LogP contribution in [0.1, 0.15) is 60.3 Å². The fraction of sp³-hybridized carbons (Fsp3) is 0.941. The van der Waals surface area contributed by atoms with Crippen LogP contribution in [-0.2, 0) is 9.53 Å². The lowest BCUT2D eigenvalue weighted by Gasteiger charge is -2.73. The van der Waals surface area contributed by atoms with E-state index in [9.17, 15) is 15.0 Å². The van der Waals surface area contributed by atoms with Crippen molar-refractivity contribution in [1.82, 2.24) is 0 Å². The third-order valence-electron chi connectivity index (χ3n) is 6.16. The Hall–Kier alpha value is -0.610. The molecule has 0 spiro atoms. The maximum Gasteiger partial charge on any atom is 0.309 e. The molecule has 4 nitrogen and oxygen atoms in total. The monoisotopic (exact) mass is 296 g/mol. The lowest BCUT2D eigenvalue weighted by molar-refractivity contribution is -0.347. The van der Waals surface area contributed by atoms with Crippen molar-refractivity contribution in [3.8, 4) is 0 Å². The summed E-state index contributed by atoms with van der Waals surface area (Å²) in [6.45, 7) is 9.71. The normalized spacial score (nSPS) is 49.5. The molecule has 0 radical (unpaired) electrons. The first kappa shape index (κ1) is 15.3. The second kappa shape index (κ2) is 4.02. The zero-order valence-electron chi connectivity index (χ0n) is 13.8. The van der Waals surface area contributed by atoms with E-state index in [-0.39, 0.29) is 23.2 Å². The molecule has 2 N–H and O–H groups in total. The maximum atomic E-state index is 12.5. The van der Waals surface area contributed by atoms with Gasteiger partial charge in [-0.05, 0) is 31.1 Å². The molecule has 0 aromatic rings. The highest BCUT2D eigenvalue weighted by atomic mass is 16.6. The Balaban J connectivity index is 1.80. The van der Waals surface area contributed by atoms with Gasteiger partial charge >= 0.3 is 5.97 Å². The third kappa shape index (κ3) is 2.14. The summed E-state index contributed by atoms with van der Waals surface area (Å²) in [6, 6.07) is 0. The van der Waals surface area contributed by atoms with Crippen LogP contribution in [0.15, 0.2) is 0 Å². The van der Waals surface area contributed by atoms with Gasteiger partial charge < -0.3 is 14.9 Å². The lowest BCUT2D eigenvalue weighted by atomic mass is 9.37. The average molecular weight is 296 g/mol. The topological polar surface area (TPSA) is 66.8 Å². The summed E-state index contributed by atoms with van der Waals surface area (Å²) in [4.78, 5) is 12.5. The maximum absolute atomic E-state index is 12.5. The Morgan fingerprint density at radius 2 is 1.86 bits per heavy atom. The van der Waals surface area contributed by atoms with E-state index < -0.39 is 16.8 Å². The Morgan fingerprint density at radius 3 is 2.38 bits per heavy atom. The molecule has 0 aromatic carbocycles. The predicted molar refractivity (Wildman–Crippen MR) is 78.5 cm³/mol. The Kier molecular flexibility index (Phi) is 2.93. The minimum absolute atomic E-state index is 0.0290. The van der Waals surface area contributed by atoms with Gasteiger partial charge in [0.2, 0.25) is 0 Å². The second-order valence-corrected chi connectivity index (χ2v) is 9.17. The van der Waals surface area contributed by atoms with Crippen LogP contribution in [0.5, 0.6) is 0 Å². The van der Waals surface area contributed by atoms with Crippen molar-refractivity contribution in [2.75, 3.05) is 0 Å². The summed E-state index contributed by atoms with van der Waals surface area (Å²) < 4.78 is 5.91. The number of rotatable bonds is 2. The van der Waals surface area contributed by atoms with Gasteiger partial charge in [0, 0.05) is 18.8 Å². The molecule has 6 unspecified atom stereocenters. The van der Waals surface area contributed by atoms with Gasteiger partial charge in [0.25, 0.3) is 0 Å². The van der Waals surface area contributed by atoms with Gasteiger partial charge in [-0.3, -0.25) is 4.79 Å². The standard InChI is InChI=1S/C17H28O4/c1-10(14(2,3)4)13(18)21-17-7-11-6-16(20,12(11)17)8-15(5,19)9-17/h10-12,19-20H,6-9H2,1-5H3. The van der Waals surface area contributed by atoms with E-state index in [1.54, 1.807) is 6.92 Å². The van der Waals surface area contributed by atoms with Gasteiger partial charge in [0.05, 0.1) is 17.1 Å². The molecule has 21 heavy (non-hydrogen) atoms. The van der Waals surface area contributed by atoms with Gasteiger partial charge in [-0.15, -0.1) is 0 Å². The molecule has 3 aliphatic carbocycles. The first-order valence-corrected chi connectivity index (χ1v) is 8.06. The molecule has 0 heterocycles. The smallest absolute Gasteiger partial charge is 0.309 e. The molecule has 6 atom stereocenters. The molecule has 120 valence electrons. The van der Waals surface area contributed by atoms with Crippen LogP contribution >= 0.6 is 0 Å². The van der Waals surface area contributed by atoms with E-state index in [1.165, 1.54) is 0 Å². The largest absolute Gasteiger partial charge is 0.458 e. The molecule has 3 fully saturated rings. The van der Waals surface area contributed by atoms with Crippen LogP contribution in [0, 0.1) is 23.2 Å². The highest BCUT2D eigenvalue weighted by molar-refractivity contribution is 5.73. The van der Waals surface area contributed by atoms with Crippen molar-refractivity contribution < 1.29 is 19.7 Å². The Bertz CT molecular complexity index is 478. The van der Waals surface area contributed by atoms with E-state index in [4.69, 9.17) is 4.74 Å². The molecule has 0 aliphatic heterocycles. The number of carbonyl (C=O) groups excluding carboxylic acids is 1. The quantitative estimate of drug-likeness (QED) is 0.767. The number of aliphatic hydroxyl groups is 2. The zero-order chi connectivity index (χ0) is 15.8. The second-order valence-electron chi connectivity index (χ2n) is 9.17. The molecule has 0 aromatic heterocycles. The minimum Gasteiger partial charge on any atom is -0.458 e. The van der Waals surface area contributed by atoms with Crippen LogP contribution in [0.3, 0.4) is 0 Å². The summed E-state index contributed by atoms with van der Waals surface area (Å²) in [5.74, 6) is 0.0871. The predicted octanol–water partition coefficient (Wildman–Crippen LogP) is 2.27. The average Bonchev–Trinajstić information content (AvgIpc) is 2.20. The fourth-order valence-corrected chi connectivity index (χ4v) is 5.01. The van der Waals surface area contributed by atoms with E-state index in [2.05, 4.69) is 0 Å². The van der Waals surface area contributed by atoms with E-state index in [0.29, 0.717) is 18.8 Å². The molecule has 0 amide bonds. The third-order valence-corrected chi connectivity index (χ3v) is 6.16.